The summed E-state index contributed by atoms with van der Waals surface area (Å²) in [5.41, 5.74) is 8.56. The van der Waals surface area contributed by atoms with Gasteiger partial charge in [0.25, 0.3) is 0 Å². The molecular weight excluding hydrogens is 280 g/mol. The predicted molar refractivity (Wildman–Crippen MR) is 89.1 cm³/mol. The Kier molecular flexibility index (Phi) is 4.17. The van der Waals surface area contributed by atoms with Crippen molar-refractivity contribution in [3.05, 3.63) is 46.2 Å². The van der Waals surface area contributed by atoms with Gasteiger partial charge in [0, 0.05) is 28.2 Å². The quantitative estimate of drug-likeness (QED) is 0.878. The van der Waals surface area contributed by atoms with E-state index in [1.165, 1.54) is 23.4 Å². The summed E-state index contributed by atoms with van der Waals surface area (Å²) in [5, 5.41) is 2.14. The molecule has 21 heavy (non-hydrogen) atoms. The SMILES string of the molecule is COc1cccc(N(Cc2cccs2)C2CC2)c1[C@@H](C)N. The maximum atomic E-state index is 6.22. The minimum absolute atomic E-state index is 0.0410. The van der Waals surface area contributed by atoms with E-state index in [2.05, 4.69) is 34.5 Å². The summed E-state index contributed by atoms with van der Waals surface area (Å²) in [6, 6.07) is 11.1. The average Bonchev–Trinajstić information content (AvgIpc) is 3.20. The molecule has 3 nitrogen and oxygen atoms in total. The highest BCUT2D eigenvalue weighted by Gasteiger charge is 2.31. The molecule has 2 aromatic rings. The van der Waals surface area contributed by atoms with E-state index >= 15 is 0 Å². The van der Waals surface area contributed by atoms with Gasteiger partial charge in [0.1, 0.15) is 5.75 Å². The fourth-order valence-corrected chi connectivity index (χ4v) is 3.49. The predicted octanol–water partition coefficient (Wildman–Crippen LogP) is 3.95. The first-order chi connectivity index (χ1) is 10.2. The molecule has 0 bridgehead atoms. The summed E-state index contributed by atoms with van der Waals surface area (Å²) in [5.74, 6) is 0.888. The Morgan fingerprint density at radius 2 is 2.14 bits per heavy atom. The van der Waals surface area contributed by atoms with Gasteiger partial charge in [-0.15, -0.1) is 11.3 Å². The Balaban J connectivity index is 1.99. The Morgan fingerprint density at radius 3 is 2.71 bits per heavy atom. The molecule has 0 spiro atoms. The lowest BCUT2D eigenvalue weighted by Crippen LogP contribution is -2.27. The number of rotatable bonds is 6. The monoisotopic (exact) mass is 302 g/mol. The van der Waals surface area contributed by atoms with Gasteiger partial charge in [0.05, 0.1) is 13.7 Å². The summed E-state index contributed by atoms with van der Waals surface area (Å²) in [7, 11) is 1.71. The number of methoxy groups -OCH3 is 1. The highest BCUT2D eigenvalue weighted by atomic mass is 32.1. The van der Waals surface area contributed by atoms with Crippen LogP contribution in [-0.2, 0) is 6.54 Å². The molecule has 1 aliphatic carbocycles. The van der Waals surface area contributed by atoms with Crippen LogP contribution in [0.5, 0.6) is 5.75 Å². The summed E-state index contributed by atoms with van der Waals surface area (Å²) in [6.45, 7) is 2.98. The van der Waals surface area contributed by atoms with E-state index in [0.29, 0.717) is 6.04 Å². The number of ether oxygens (including phenoxy) is 1. The van der Waals surface area contributed by atoms with Crippen LogP contribution in [0.4, 0.5) is 5.69 Å². The third kappa shape index (κ3) is 3.06. The van der Waals surface area contributed by atoms with E-state index in [-0.39, 0.29) is 6.04 Å². The van der Waals surface area contributed by atoms with Crippen LogP contribution >= 0.6 is 11.3 Å². The lowest BCUT2D eigenvalue weighted by atomic mass is 10.0. The Labute approximate surface area is 130 Å². The van der Waals surface area contributed by atoms with E-state index in [4.69, 9.17) is 10.5 Å². The summed E-state index contributed by atoms with van der Waals surface area (Å²) in [6.07, 6.45) is 2.53. The van der Waals surface area contributed by atoms with Gasteiger partial charge in [0.2, 0.25) is 0 Å². The van der Waals surface area contributed by atoms with E-state index in [1.54, 1.807) is 7.11 Å². The van der Waals surface area contributed by atoms with Crippen molar-refractivity contribution in [2.45, 2.75) is 38.4 Å². The number of nitrogens with zero attached hydrogens (tertiary/aromatic N) is 1. The molecule has 1 aromatic heterocycles. The van der Waals surface area contributed by atoms with Gasteiger partial charge in [-0.3, -0.25) is 0 Å². The largest absolute Gasteiger partial charge is 0.496 e. The molecule has 4 heteroatoms. The zero-order chi connectivity index (χ0) is 14.8. The Bertz CT molecular complexity index is 591. The first kappa shape index (κ1) is 14.4. The highest BCUT2D eigenvalue weighted by Crippen LogP contribution is 2.40. The number of nitrogens with two attached hydrogens (primary N) is 1. The van der Waals surface area contributed by atoms with Crippen LogP contribution in [0, 0.1) is 0 Å². The van der Waals surface area contributed by atoms with Crippen LogP contribution in [0.15, 0.2) is 35.7 Å². The first-order valence-electron chi connectivity index (χ1n) is 7.42. The second-order valence-corrected chi connectivity index (χ2v) is 6.65. The average molecular weight is 302 g/mol. The molecule has 0 amide bonds. The molecule has 1 atom stereocenters. The van der Waals surface area contributed by atoms with Gasteiger partial charge < -0.3 is 15.4 Å². The van der Waals surface area contributed by atoms with E-state index in [1.807, 2.05) is 24.3 Å². The van der Waals surface area contributed by atoms with Gasteiger partial charge in [0.15, 0.2) is 0 Å². The van der Waals surface area contributed by atoms with Crippen molar-refractivity contribution >= 4 is 17.0 Å². The van der Waals surface area contributed by atoms with Crippen LogP contribution < -0.4 is 15.4 Å². The zero-order valence-electron chi connectivity index (χ0n) is 12.6. The van der Waals surface area contributed by atoms with Crippen LogP contribution in [0.1, 0.15) is 36.2 Å². The molecule has 2 N–H and O–H groups in total. The maximum Gasteiger partial charge on any atom is 0.125 e. The van der Waals surface area contributed by atoms with Crippen molar-refractivity contribution in [3.63, 3.8) is 0 Å². The molecule has 0 radical (unpaired) electrons. The topological polar surface area (TPSA) is 38.5 Å². The van der Waals surface area contributed by atoms with Crippen LogP contribution in [-0.4, -0.2) is 13.2 Å². The van der Waals surface area contributed by atoms with Crippen molar-refractivity contribution in [1.82, 2.24) is 0 Å². The van der Waals surface area contributed by atoms with Crippen molar-refractivity contribution in [2.75, 3.05) is 12.0 Å². The molecule has 112 valence electrons. The first-order valence-corrected chi connectivity index (χ1v) is 8.30. The van der Waals surface area contributed by atoms with Gasteiger partial charge >= 0.3 is 0 Å². The van der Waals surface area contributed by atoms with Gasteiger partial charge in [-0.05, 0) is 43.3 Å². The summed E-state index contributed by atoms with van der Waals surface area (Å²) >= 11 is 1.81. The summed E-state index contributed by atoms with van der Waals surface area (Å²) < 4.78 is 5.53. The van der Waals surface area contributed by atoms with Crippen LogP contribution in [0.3, 0.4) is 0 Å². The number of thiophene rings is 1. The fourth-order valence-electron chi connectivity index (χ4n) is 2.79. The van der Waals surface area contributed by atoms with Crippen molar-refractivity contribution < 1.29 is 4.74 Å². The lowest BCUT2D eigenvalue weighted by molar-refractivity contribution is 0.407. The molecule has 0 saturated heterocycles. The second-order valence-electron chi connectivity index (χ2n) is 5.62. The van der Waals surface area contributed by atoms with Gasteiger partial charge in [-0.2, -0.15) is 0 Å². The molecule has 3 rings (SSSR count). The normalized spacial score (nSPS) is 15.8. The molecule has 0 unspecified atom stereocenters. The van der Waals surface area contributed by atoms with Gasteiger partial charge in [-0.25, -0.2) is 0 Å². The Morgan fingerprint density at radius 1 is 1.33 bits per heavy atom. The van der Waals surface area contributed by atoms with E-state index in [0.717, 1.165) is 17.9 Å². The minimum atomic E-state index is -0.0410. The van der Waals surface area contributed by atoms with Gasteiger partial charge in [-0.1, -0.05) is 12.1 Å². The van der Waals surface area contributed by atoms with E-state index in [9.17, 15) is 0 Å². The smallest absolute Gasteiger partial charge is 0.125 e. The minimum Gasteiger partial charge on any atom is -0.496 e. The highest BCUT2D eigenvalue weighted by molar-refractivity contribution is 7.09. The van der Waals surface area contributed by atoms with Crippen LogP contribution in [0.25, 0.3) is 0 Å². The van der Waals surface area contributed by atoms with Crippen LogP contribution in [0.2, 0.25) is 0 Å². The molecule has 0 aliphatic heterocycles. The third-order valence-corrected chi connectivity index (χ3v) is 4.78. The number of benzene rings is 1. The molecule has 1 aromatic carbocycles. The summed E-state index contributed by atoms with van der Waals surface area (Å²) in [4.78, 5) is 3.88. The van der Waals surface area contributed by atoms with E-state index < -0.39 is 0 Å². The molecule has 1 saturated carbocycles. The van der Waals surface area contributed by atoms with Crippen molar-refractivity contribution in [1.29, 1.82) is 0 Å². The van der Waals surface area contributed by atoms with Crippen molar-refractivity contribution in [2.24, 2.45) is 5.73 Å². The Hall–Kier alpha value is -1.52. The lowest BCUT2D eigenvalue weighted by Gasteiger charge is -2.29. The number of hydrogen-bond donors (Lipinski definition) is 1. The fraction of sp³-hybridized carbons (Fsp3) is 0.412. The molecule has 1 heterocycles. The van der Waals surface area contributed by atoms with Crippen molar-refractivity contribution in [3.8, 4) is 5.75 Å². The zero-order valence-corrected chi connectivity index (χ0v) is 13.4. The molecule has 1 aliphatic rings. The number of hydrogen-bond acceptors (Lipinski definition) is 4. The standard InChI is InChI=1S/C17H22N2OS/c1-12(18)17-15(6-3-7-16(17)20-2)19(13-8-9-13)11-14-5-4-10-21-14/h3-7,10,12-13H,8-9,11,18H2,1-2H3/t12-/m1/s1. The third-order valence-electron chi connectivity index (χ3n) is 3.92. The number of anilines is 1. The maximum absolute atomic E-state index is 6.22. The second kappa shape index (κ2) is 6.08. The molecular formula is C17H22N2OS. The molecule has 1 fully saturated rings.